The van der Waals surface area contributed by atoms with Crippen LogP contribution in [0.15, 0.2) is 0 Å². The molecule has 3 rings (SSSR count). The number of rotatable bonds is 26. The van der Waals surface area contributed by atoms with Crippen molar-refractivity contribution in [3.63, 3.8) is 0 Å². The average Bonchev–Trinajstić information content (AvgIpc) is 3.27. The molecule has 0 aromatic carbocycles. The summed E-state index contributed by atoms with van der Waals surface area (Å²) in [4.78, 5) is 36.2. The summed E-state index contributed by atoms with van der Waals surface area (Å²) in [6.07, 6.45) is -31.6. The smallest absolute Gasteiger partial charge is 0.217 e. The highest BCUT2D eigenvalue weighted by atomic mass is 16.8. The molecule has 0 radical (unpaired) electrons. The van der Waals surface area contributed by atoms with Gasteiger partial charge in [0.15, 0.2) is 25.2 Å². The fourth-order valence-corrected chi connectivity index (χ4v) is 7.70. The van der Waals surface area contributed by atoms with Crippen LogP contribution in [-0.2, 0) is 57.0 Å². The van der Waals surface area contributed by atoms with E-state index >= 15 is 0 Å². The van der Waals surface area contributed by atoms with Crippen LogP contribution in [0.1, 0.15) is 34.1 Å². The van der Waals surface area contributed by atoms with E-state index in [0.717, 1.165) is 21.0 Å². The number of carbonyl (C=O) groups is 3. The fraction of sp³-hybridized carbons (Fsp3) is 0.921. The van der Waals surface area contributed by atoms with Crippen molar-refractivity contribution >= 4 is 17.7 Å². The predicted octanol–water partition coefficient (Wildman–Crippen LogP) is -9.54. The third-order valence-electron chi connectivity index (χ3n) is 11.1. The largest absolute Gasteiger partial charge is 0.396 e. The lowest BCUT2D eigenvalue weighted by atomic mass is 9.92. The second-order valence-corrected chi connectivity index (χ2v) is 16.0. The van der Waals surface area contributed by atoms with E-state index in [2.05, 4.69) is 16.0 Å². The zero-order valence-corrected chi connectivity index (χ0v) is 37.1. The van der Waals surface area contributed by atoms with Gasteiger partial charge in [-0.3, -0.25) is 14.4 Å². The number of aliphatic hydroxyl groups excluding tert-OH is 13. The fourth-order valence-electron chi connectivity index (χ4n) is 7.70. The maximum absolute atomic E-state index is 12.3. The third-order valence-corrected chi connectivity index (χ3v) is 11.1. The van der Waals surface area contributed by atoms with Gasteiger partial charge in [-0.2, -0.15) is 0 Å². The molecule has 16 N–H and O–H groups in total. The minimum Gasteiger partial charge on any atom is -0.396 e. The second kappa shape index (κ2) is 27.7. The molecule has 0 aromatic rings. The topological polar surface area (TPSA) is 433 Å². The van der Waals surface area contributed by atoms with E-state index in [-0.39, 0.29) is 0 Å². The van der Waals surface area contributed by atoms with Gasteiger partial charge in [-0.15, -0.1) is 0 Å². The Morgan fingerprint density at radius 1 is 0.636 bits per heavy atom. The SMILES string of the molecule is CO[C@H](OC[C@H](O)C(CO)O[C@H](CO)O[C@@H]1C(CO)O[C@@H](O[C@@H]2C(CO)O[C@@H](C)C(NC(C)=O)C2O)C(NC(C)=O)C1O)C(O[C@@H]1OC(CO)[C@@H](O)C(O)C1NC(C)=O)C(O)[C@H](O)CCO. The first-order valence-electron chi connectivity index (χ1n) is 21.2. The number of methoxy groups -OCH3 is 1. The molecule has 66 heavy (non-hydrogen) atoms. The number of hydrogen-bond donors (Lipinski definition) is 16. The number of amides is 3. The maximum atomic E-state index is 12.3. The third kappa shape index (κ3) is 15.3. The lowest BCUT2D eigenvalue weighted by molar-refractivity contribution is -0.338. The van der Waals surface area contributed by atoms with Gasteiger partial charge in [0.05, 0.1) is 57.9 Å². The summed E-state index contributed by atoms with van der Waals surface area (Å²) >= 11 is 0. The van der Waals surface area contributed by atoms with Crippen LogP contribution in [-0.4, -0.2) is 272 Å². The van der Waals surface area contributed by atoms with Crippen LogP contribution in [0.5, 0.6) is 0 Å². The molecule has 0 aromatic heterocycles. The molecule has 0 bridgehead atoms. The van der Waals surface area contributed by atoms with Crippen LogP contribution in [0.2, 0.25) is 0 Å². The van der Waals surface area contributed by atoms with Crippen molar-refractivity contribution in [2.75, 3.05) is 53.4 Å². The zero-order valence-electron chi connectivity index (χ0n) is 37.1. The molecule has 3 aliphatic heterocycles. The number of aliphatic hydroxyl groups is 13. The van der Waals surface area contributed by atoms with Gasteiger partial charge in [0.1, 0.15) is 91.4 Å². The van der Waals surface area contributed by atoms with Crippen molar-refractivity contribution in [1.82, 2.24) is 16.0 Å². The Morgan fingerprint density at radius 3 is 1.68 bits per heavy atom. The minimum absolute atomic E-state index is 0.413. The summed E-state index contributed by atoms with van der Waals surface area (Å²) in [6, 6.07) is -4.12. The molecule has 3 amide bonds. The van der Waals surface area contributed by atoms with E-state index in [0.29, 0.717) is 0 Å². The highest BCUT2D eigenvalue weighted by Crippen LogP contribution is 2.32. The summed E-state index contributed by atoms with van der Waals surface area (Å²) in [7, 11) is 1.05. The predicted molar refractivity (Wildman–Crippen MR) is 214 cm³/mol. The van der Waals surface area contributed by atoms with Crippen LogP contribution in [0.25, 0.3) is 0 Å². The van der Waals surface area contributed by atoms with E-state index in [9.17, 15) is 80.8 Å². The molecule has 3 saturated heterocycles. The van der Waals surface area contributed by atoms with Gasteiger partial charge in [0, 0.05) is 34.5 Å². The Morgan fingerprint density at radius 2 is 1.17 bits per heavy atom. The average molecular weight is 968 g/mol. The highest BCUT2D eigenvalue weighted by Gasteiger charge is 2.53. The first-order valence-corrected chi connectivity index (χ1v) is 21.2. The molecular weight excluding hydrogens is 898 g/mol. The van der Waals surface area contributed by atoms with Gasteiger partial charge in [-0.1, -0.05) is 0 Å². The van der Waals surface area contributed by atoms with Gasteiger partial charge in [-0.25, -0.2) is 0 Å². The van der Waals surface area contributed by atoms with Crippen LogP contribution in [0.3, 0.4) is 0 Å². The van der Waals surface area contributed by atoms with E-state index < -0.39 is 205 Å². The Bertz CT molecular complexity index is 1460. The Balaban J connectivity index is 1.80. The molecule has 22 atom stereocenters. The molecular formula is C38H69N3O25. The normalized spacial score (nSPS) is 36.0. The lowest BCUT2D eigenvalue weighted by Gasteiger charge is -2.48. The van der Waals surface area contributed by atoms with Crippen molar-refractivity contribution in [3.05, 3.63) is 0 Å². The maximum Gasteiger partial charge on any atom is 0.217 e. The van der Waals surface area contributed by atoms with Crippen LogP contribution < -0.4 is 16.0 Å². The van der Waals surface area contributed by atoms with Crippen LogP contribution in [0.4, 0.5) is 0 Å². The number of nitrogens with one attached hydrogen (secondary N) is 3. The number of hydrogen-bond acceptors (Lipinski definition) is 25. The van der Waals surface area contributed by atoms with Gasteiger partial charge in [0.2, 0.25) is 17.7 Å². The monoisotopic (exact) mass is 967 g/mol. The molecule has 28 heteroatoms. The summed E-state index contributed by atoms with van der Waals surface area (Å²) in [6.45, 7) is -0.999. The summed E-state index contributed by atoms with van der Waals surface area (Å²) in [5.41, 5.74) is 0. The standard InChI is InChI=1S/C38H69N3O25/c1-14-25(39-15(2)48)31(56)34(22(10-45)60-14)65-37-27(41-17(4)50)32(57)33(23(11-46)63-37)64-24(12-47)61-20(8-43)19(52)13-59-38(58-5)35(28(53)18(51)6-7-42)66-36-26(40-16(3)49)30(55)29(54)21(9-44)62-36/h14,18-38,42-47,51-57H,6-13H2,1-5H3,(H,39,48)(H,40,49)(H,41,50)/t14-,18+,19-,20?,21?,22?,23?,24-,25?,26?,27?,28?,29+,30?,31?,32?,33+,34+,35?,36-,37-,38+/m0/s1. The van der Waals surface area contributed by atoms with Crippen molar-refractivity contribution in [2.45, 2.75) is 169 Å². The molecule has 3 aliphatic rings. The van der Waals surface area contributed by atoms with Crippen LogP contribution in [0, 0.1) is 0 Å². The van der Waals surface area contributed by atoms with Crippen molar-refractivity contribution in [3.8, 4) is 0 Å². The van der Waals surface area contributed by atoms with E-state index in [4.69, 9.17) is 42.6 Å². The first kappa shape index (κ1) is 57.8. The number of ether oxygens (including phenoxy) is 9. The van der Waals surface area contributed by atoms with Gasteiger partial charge >= 0.3 is 0 Å². The summed E-state index contributed by atoms with van der Waals surface area (Å²) in [5.74, 6) is -1.95. The van der Waals surface area contributed by atoms with Gasteiger partial charge in [0.25, 0.3) is 0 Å². The quantitative estimate of drug-likeness (QED) is 0.0358. The molecule has 3 fully saturated rings. The van der Waals surface area contributed by atoms with Gasteiger partial charge < -0.3 is 125 Å². The van der Waals surface area contributed by atoms with Crippen LogP contribution >= 0.6 is 0 Å². The Labute approximate surface area is 379 Å². The lowest BCUT2D eigenvalue weighted by Crippen LogP contribution is -2.69. The van der Waals surface area contributed by atoms with Crippen molar-refractivity contribution in [1.29, 1.82) is 0 Å². The van der Waals surface area contributed by atoms with Crippen molar-refractivity contribution < 1.29 is 123 Å². The molecule has 0 saturated carbocycles. The minimum atomic E-state index is -1.99. The zero-order chi connectivity index (χ0) is 49.6. The summed E-state index contributed by atoms with van der Waals surface area (Å²) < 4.78 is 51.5. The van der Waals surface area contributed by atoms with Gasteiger partial charge in [-0.05, 0) is 13.3 Å². The van der Waals surface area contributed by atoms with E-state index in [1.807, 2.05) is 0 Å². The van der Waals surface area contributed by atoms with Crippen molar-refractivity contribution in [2.24, 2.45) is 0 Å². The number of carbonyl (C=O) groups excluding carboxylic acids is 3. The molecule has 0 spiro atoms. The molecule has 386 valence electrons. The first-order chi connectivity index (χ1) is 31.2. The molecule has 0 aliphatic carbocycles. The van der Waals surface area contributed by atoms with E-state index in [1.165, 1.54) is 13.8 Å². The highest BCUT2D eigenvalue weighted by molar-refractivity contribution is 5.74. The Kier molecular flexibility index (Phi) is 24.2. The summed E-state index contributed by atoms with van der Waals surface area (Å²) in [5, 5.41) is 144. The Hall–Kier alpha value is -2.47. The second-order valence-electron chi connectivity index (χ2n) is 16.0. The van der Waals surface area contributed by atoms with E-state index in [1.54, 1.807) is 0 Å². The molecule has 3 heterocycles. The molecule has 12 unspecified atom stereocenters. The molecule has 28 nitrogen and oxygen atoms in total.